The van der Waals surface area contributed by atoms with Gasteiger partial charge in [-0.15, -0.1) is 0 Å². The lowest BCUT2D eigenvalue weighted by Gasteiger charge is -2.16. The van der Waals surface area contributed by atoms with Crippen LogP contribution in [0.3, 0.4) is 0 Å². The van der Waals surface area contributed by atoms with Crippen molar-refractivity contribution in [3.8, 4) is 11.1 Å². The maximum atomic E-state index is 3.53. The van der Waals surface area contributed by atoms with Gasteiger partial charge in [-0.3, -0.25) is 0 Å². The SMILES string of the molecule is CCNC(CC)c1ccc(-c2cccc(CC)c2)cc1. The predicted molar refractivity (Wildman–Crippen MR) is 88.0 cm³/mol. The van der Waals surface area contributed by atoms with Crippen molar-refractivity contribution in [1.82, 2.24) is 5.32 Å². The normalized spacial score (nSPS) is 12.3. The van der Waals surface area contributed by atoms with E-state index in [9.17, 15) is 0 Å². The van der Waals surface area contributed by atoms with Crippen LogP contribution in [0.2, 0.25) is 0 Å². The molecule has 0 radical (unpaired) electrons. The van der Waals surface area contributed by atoms with Gasteiger partial charge in [0.25, 0.3) is 0 Å². The summed E-state index contributed by atoms with van der Waals surface area (Å²) in [4.78, 5) is 0. The van der Waals surface area contributed by atoms with E-state index in [0.717, 1.165) is 19.4 Å². The standard InChI is InChI=1S/C19H25N/c1-4-15-8-7-9-18(14-15)16-10-12-17(13-11-16)19(5-2)20-6-3/h7-14,19-20H,4-6H2,1-3H3. The Morgan fingerprint density at radius 2 is 1.65 bits per heavy atom. The zero-order valence-electron chi connectivity index (χ0n) is 12.8. The average molecular weight is 267 g/mol. The Labute approximate surface area is 123 Å². The quantitative estimate of drug-likeness (QED) is 0.778. The fourth-order valence-electron chi connectivity index (χ4n) is 2.62. The molecule has 0 aliphatic rings. The van der Waals surface area contributed by atoms with Crippen molar-refractivity contribution in [2.45, 2.75) is 39.7 Å². The van der Waals surface area contributed by atoms with Gasteiger partial charge in [-0.2, -0.15) is 0 Å². The Kier molecular flexibility index (Phi) is 5.37. The first-order valence-electron chi connectivity index (χ1n) is 7.71. The number of rotatable bonds is 6. The van der Waals surface area contributed by atoms with E-state index in [1.165, 1.54) is 22.3 Å². The van der Waals surface area contributed by atoms with E-state index in [-0.39, 0.29) is 0 Å². The molecule has 0 aliphatic carbocycles. The van der Waals surface area contributed by atoms with E-state index >= 15 is 0 Å². The van der Waals surface area contributed by atoms with Gasteiger partial charge in [0, 0.05) is 6.04 Å². The summed E-state index contributed by atoms with van der Waals surface area (Å²) < 4.78 is 0. The maximum Gasteiger partial charge on any atom is 0.0317 e. The molecule has 0 bridgehead atoms. The van der Waals surface area contributed by atoms with E-state index in [1.54, 1.807) is 0 Å². The van der Waals surface area contributed by atoms with Crippen molar-refractivity contribution in [3.05, 3.63) is 59.7 Å². The second kappa shape index (κ2) is 7.25. The third-order valence-corrected chi connectivity index (χ3v) is 3.84. The van der Waals surface area contributed by atoms with E-state index in [0.29, 0.717) is 6.04 Å². The smallest absolute Gasteiger partial charge is 0.0317 e. The summed E-state index contributed by atoms with van der Waals surface area (Å²) in [6, 6.07) is 18.3. The molecule has 1 atom stereocenters. The van der Waals surface area contributed by atoms with Gasteiger partial charge in [0.1, 0.15) is 0 Å². The Balaban J connectivity index is 2.22. The zero-order valence-corrected chi connectivity index (χ0v) is 12.8. The van der Waals surface area contributed by atoms with Crippen molar-refractivity contribution in [2.75, 3.05) is 6.54 Å². The Hall–Kier alpha value is -1.60. The van der Waals surface area contributed by atoms with Gasteiger partial charge in [-0.05, 0) is 41.6 Å². The molecule has 0 saturated heterocycles. The number of nitrogens with one attached hydrogen (secondary N) is 1. The molecule has 0 heterocycles. The molecule has 2 aromatic carbocycles. The molecule has 1 nitrogen and oxygen atoms in total. The highest BCUT2D eigenvalue weighted by atomic mass is 14.9. The van der Waals surface area contributed by atoms with Crippen LogP contribution in [0.1, 0.15) is 44.4 Å². The highest BCUT2D eigenvalue weighted by molar-refractivity contribution is 5.64. The molecule has 2 aromatic rings. The second-order valence-corrected chi connectivity index (χ2v) is 5.19. The number of hydrogen-bond donors (Lipinski definition) is 1. The predicted octanol–water partition coefficient (Wildman–Crippen LogP) is 4.98. The van der Waals surface area contributed by atoms with Crippen LogP contribution in [0.4, 0.5) is 0 Å². The van der Waals surface area contributed by atoms with E-state index in [4.69, 9.17) is 0 Å². The monoisotopic (exact) mass is 267 g/mol. The lowest BCUT2D eigenvalue weighted by atomic mass is 9.98. The van der Waals surface area contributed by atoms with Crippen molar-refractivity contribution in [1.29, 1.82) is 0 Å². The number of benzene rings is 2. The number of aryl methyl sites for hydroxylation is 1. The van der Waals surface area contributed by atoms with Crippen LogP contribution in [0, 0.1) is 0 Å². The first kappa shape index (κ1) is 14.8. The molecule has 1 N–H and O–H groups in total. The minimum atomic E-state index is 0.469. The summed E-state index contributed by atoms with van der Waals surface area (Å²) in [5, 5.41) is 3.53. The maximum absolute atomic E-state index is 3.53. The van der Waals surface area contributed by atoms with Crippen LogP contribution in [-0.4, -0.2) is 6.54 Å². The summed E-state index contributed by atoms with van der Waals surface area (Å²) in [5.74, 6) is 0. The van der Waals surface area contributed by atoms with Gasteiger partial charge in [0.15, 0.2) is 0 Å². The van der Waals surface area contributed by atoms with Crippen LogP contribution >= 0.6 is 0 Å². The molecule has 0 fully saturated rings. The summed E-state index contributed by atoms with van der Waals surface area (Å²) in [5.41, 5.74) is 5.39. The first-order chi connectivity index (χ1) is 9.78. The molecule has 1 unspecified atom stereocenters. The molecular weight excluding hydrogens is 242 g/mol. The molecule has 0 aliphatic heterocycles. The summed E-state index contributed by atoms with van der Waals surface area (Å²) in [6.07, 6.45) is 2.21. The third-order valence-electron chi connectivity index (χ3n) is 3.84. The molecule has 0 spiro atoms. The van der Waals surface area contributed by atoms with E-state index in [1.807, 2.05) is 0 Å². The summed E-state index contributed by atoms with van der Waals surface area (Å²) in [7, 11) is 0. The summed E-state index contributed by atoms with van der Waals surface area (Å²) >= 11 is 0. The fraction of sp³-hybridized carbons (Fsp3) is 0.368. The molecule has 1 heteroatoms. The Morgan fingerprint density at radius 1 is 0.900 bits per heavy atom. The minimum Gasteiger partial charge on any atom is -0.310 e. The van der Waals surface area contributed by atoms with Gasteiger partial charge < -0.3 is 5.32 Å². The van der Waals surface area contributed by atoms with Crippen LogP contribution in [0.15, 0.2) is 48.5 Å². The second-order valence-electron chi connectivity index (χ2n) is 5.19. The van der Waals surface area contributed by atoms with Gasteiger partial charge in [0.2, 0.25) is 0 Å². The van der Waals surface area contributed by atoms with Gasteiger partial charge in [-0.1, -0.05) is 69.3 Å². The molecular formula is C19H25N. The summed E-state index contributed by atoms with van der Waals surface area (Å²) in [6.45, 7) is 7.60. The molecule has 2 rings (SSSR count). The van der Waals surface area contributed by atoms with Crippen LogP contribution in [-0.2, 0) is 6.42 Å². The van der Waals surface area contributed by atoms with Crippen LogP contribution in [0.25, 0.3) is 11.1 Å². The van der Waals surface area contributed by atoms with Crippen molar-refractivity contribution >= 4 is 0 Å². The lowest BCUT2D eigenvalue weighted by Crippen LogP contribution is -2.19. The molecule has 106 valence electrons. The van der Waals surface area contributed by atoms with E-state index < -0.39 is 0 Å². The van der Waals surface area contributed by atoms with Crippen molar-refractivity contribution in [3.63, 3.8) is 0 Å². The molecule has 20 heavy (non-hydrogen) atoms. The largest absolute Gasteiger partial charge is 0.310 e. The van der Waals surface area contributed by atoms with Crippen LogP contribution < -0.4 is 5.32 Å². The zero-order chi connectivity index (χ0) is 14.4. The first-order valence-corrected chi connectivity index (χ1v) is 7.71. The third kappa shape index (κ3) is 3.49. The molecule has 0 amide bonds. The topological polar surface area (TPSA) is 12.0 Å². The Bertz CT molecular complexity index is 528. The number of hydrogen-bond acceptors (Lipinski definition) is 1. The van der Waals surface area contributed by atoms with Gasteiger partial charge in [0.05, 0.1) is 0 Å². The molecule has 0 aromatic heterocycles. The Morgan fingerprint density at radius 3 is 2.25 bits per heavy atom. The van der Waals surface area contributed by atoms with E-state index in [2.05, 4.69) is 74.6 Å². The van der Waals surface area contributed by atoms with Gasteiger partial charge >= 0.3 is 0 Å². The highest BCUT2D eigenvalue weighted by Gasteiger charge is 2.07. The average Bonchev–Trinajstić information content (AvgIpc) is 2.53. The lowest BCUT2D eigenvalue weighted by molar-refractivity contribution is 0.537. The van der Waals surface area contributed by atoms with Crippen molar-refractivity contribution in [2.24, 2.45) is 0 Å². The van der Waals surface area contributed by atoms with Crippen LogP contribution in [0.5, 0.6) is 0 Å². The van der Waals surface area contributed by atoms with Crippen molar-refractivity contribution < 1.29 is 0 Å². The minimum absolute atomic E-state index is 0.469. The highest BCUT2D eigenvalue weighted by Crippen LogP contribution is 2.24. The van der Waals surface area contributed by atoms with Gasteiger partial charge in [-0.25, -0.2) is 0 Å². The molecule has 0 saturated carbocycles. The fourth-order valence-corrected chi connectivity index (χ4v) is 2.62.